The molecular formula is C19H19ClN2O2. The molecule has 1 aromatic carbocycles. The van der Waals surface area contributed by atoms with Crippen LogP contribution in [0, 0.1) is 6.92 Å². The summed E-state index contributed by atoms with van der Waals surface area (Å²) in [6.45, 7) is 2.68. The summed E-state index contributed by atoms with van der Waals surface area (Å²) in [5.41, 5.74) is 3.45. The van der Waals surface area contributed by atoms with E-state index in [0.717, 1.165) is 37.2 Å². The Kier molecular flexibility index (Phi) is 3.72. The first-order chi connectivity index (χ1) is 11.5. The number of nitrogens with zero attached hydrogens (tertiary/aromatic N) is 1. The van der Waals surface area contributed by atoms with Crippen LogP contribution in [0.25, 0.3) is 0 Å². The van der Waals surface area contributed by atoms with Crippen molar-refractivity contribution in [1.29, 1.82) is 0 Å². The van der Waals surface area contributed by atoms with Gasteiger partial charge in [0.25, 0.3) is 0 Å². The summed E-state index contributed by atoms with van der Waals surface area (Å²) in [6, 6.07) is 9.95. The number of ether oxygens (including phenoxy) is 1. The van der Waals surface area contributed by atoms with Gasteiger partial charge in [0.15, 0.2) is 0 Å². The van der Waals surface area contributed by atoms with E-state index in [9.17, 15) is 4.79 Å². The number of aryl methyl sites for hydroxylation is 1. The Morgan fingerprint density at radius 2 is 2.17 bits per heavy atom. The Balaban J connectivity index is 1.49. The molecule has 0 bridgehead atoms. The van der Waals surface area contributed by atoms with Gasteiger partial charge in [-0.25, -0.2) is 4.98 Å². The van der Waals surface area contributed by atoms with Gasteiger partial charge in [0.1, 0.15) is 16.7 Å². The van der Waals surface area contributed by atoms with E-state index in [1.165, 1.54) is 11.1 Å². The molecule has 1 aliphatic heterocycles. The largest absolute Gasteiger partial charge is 0.493 e. The normalized spacial score (nSPS) is 17.1. The van der Waals surface area contributed by atoms with Crippen LogP contribution < -0.4 is 10.1 Å². The second-order valence-electron chi connectivity index (χ2n) is 6.78. The second kappa shape index (κ2) is 5.78. The van der Waals surface area contributed by atoms with Crippen LogP contribution in [0.3, 0.4) is 0 Å². The molecular weight excluding hydrogens is 324 g/mol. The zero-order valence-electron chi connectivity index (χ0n) is 13.6. The second-order valence-corrected chi connectivity index (χ2v) is 7.17. The Morgan fingerprint density at radius 1 is 1.33 bits per heavy atom. The van der Waals surface area contributed by atoms with Gasteiger partial charge in [-0.3, -0.25) is 4.79 Å². The molecule has 1 fully saturated rings. The third kappa shape index (κ3) is 2.98. The van der Waals surface area contributed by atoms with Crippen molar-refractivity contribution in [2.45, 2.75) is 38.0 Å². The summed E-state index contributed by atoms with van der Waals surface area (Å²) in [6.07, 6.45) is 3.52. The van der Waals surface area contributed by atoms with Gasteiger partial charge in [-0.05, 0) is 54.7 Å². The fraction of sp³-hybridized carbons (Fsp3) is 0.368. The van der Waals surface area contributed by atoms with Gasteiger partial charge in [0, 0.05) is 18.3 Å². The maximum absolute atomic E-state index is 12.5. The molecule has 0 radical (unpaired) electrons. The van der Waals surface area contributed by atoms with Crippen molar-refractivity contribution in [2.24, 2.45) is 0 Å². The number of carbonyl (C=O) groups excluding carboxylic acids is 1. The predicted octanol–water partition coefficient (Wildman–Crippen LogP) is 4.04. The molecule has 24 heavy (non-hydrogen) atoms. The molecule has 1 N–H and O–H groups in total. The number of fused-ring (bicyclic) bond motifs is 1. The van der Waals surface area contributed by atoms with E-state index in [0.29, 0.717) is 17.4 Å². The van der Waals surface area contributed by atoms with Gasteiger partial charge in [-0.15, -0.1) is 0 Å². The van der Waals surface area contributed by atoms with Gasteiger partial charge in [0.2, 0.25) is 5.91 Å². The van der Waals surface area contributed by atoms with E-state index >= 15 is 0 Å². The number of hydrogen-bond acceptors (Lipinski definition) is 3. The average Bonchev–Trinajstić information content (AvgIpc) is 3.13. The van der Waals surface area contributed by atoms with Crippen LogP contribution in [0.2, 0.25) is 5.15 Å². The van der Waals surface area contributed by atoms with Crippen molar-refractivity contribution in [3.05, 3.63) is 52.2 Å². The number of amides is 1. The van der Waals surface area contributed by atoms with Crippen LogP contribution >= 0.6 is 11.6 Å². The number of benzene rings is 1. The lowest BCUT2D eigenvalue weighted by Gasteiger charge is -2.16. The minimum Gasteiger partial charge on any atom is -0.493 e. The number of anilines is 1. The standard InChI is InChI=1S/C19H19ClN2O2/c1-12-8-16(20)21-17(9-12)22-18(23)11-19(5-6-19)14-2-3-15-13(10-14)4-7-24-15/h2-3,8-10H,4-7,11H2,1H3,(H,21,22,23). The molecule has 2 heterocycles. The molecule has 0 saturated heterocycles. The SMILES string of the molecule is Cc1cc(Cl)nc(NC(=O)CC2(c3ccc4c(c3)CCO4)CC2)c1. The minimum absolute atomic E-state index is 0.0154. The summed E-state index contributed by atoms with van der Waals surface area (Å²) in [5, 5.41) is 3.28. The molecule has 1 saturated carbocycles. The highest BCUT2D eigenvalue weighted by molar-refractivity contribution is 6.29. The molecule has 5 heteroatoms. The maximum atomic E-state index is 12.5. The Hall–Kier alpha value is -2.07. The highest BCUT2D eigenvalue weighted by Crippen LogP contribution is 2.52. The van der Waals surface area contributed by atoms with Crippen LogP contribution in [0.1, 0.15) is 36.0 Å². The summed E-state index contributed by atoms with van der Waals surface area (Å²) in [5.74, 6) is 1.49. The lowest BCUT2D eigenvalue weighted by Crippen LogP contribution is -2.20. The number of nitrogens with one attached hydrogen (secondary N) is 1. The molecule has 4 nitrogen and oxygen atoms in total. The van der Waals surface area contributed by atoms with Crippen molar-refractivity contribution in [1.82, 2.24) is 4.98 Å². The van der Waals surface area contributed by atoms with E-state index in [4.69, 9.17) is 16.3 Å². The average molecular weight is 343 g/mol. The van der Waals surface area contributed by atoms with E-state index in [1.807, 2.05) is 19.1 Å². The van der Waals surface area contributed by atoms with Crippen molar-refractivity contribution >= 4 is 23.3 Å². The predicted molar refractivity (Wildman–Crippen MR) is 93.8 cm³/mol. The van der Waals surface area contributed by atoms with Crippen LogP contribution in [0.15, 0.2) is 30.3 Å². The maximum Gasteiger partial charge on any atom is 0.226 e. The van der Waals surface area contributed by atoms with Crippen molar-refractivity contribution in [2.75, 3.05) is 11.9 Å². The van der Waals surface area contributed by atoms with Crippen molar-refractivity contribution < 1.29 is 9.53 Å². The Bertz CT molecular complexity index is 795. The van der Waals surface area contributed by atoms with Gasteiger partial charge in [0.05, 0.1) is 6.61 Å². The van der Waals surface area contributed by atoms with E-state index in [-0.39, 0.29) is 11.3 Å². The first-order valence-corrected chi connectivity index (χ1v) is 8.62. The monoisotopic (exact) mass is 342 g/mol. The molecule has 2 aromatic rings. The Labute approximate surface area is 146 Å². The number of halogens is 1. The van der Waals surface area contributed by atoms with Crippen LogP contribution in [0.4, 0.5) is 5.82 Å². The Morgan fingerprint density at radius 3 is 2.92 bits per heavy atom. The zero-order valence-corrected chi connectivity index (χ0v) is 14.3. The van der Waals surface area contributed by atoms with Crippen LogP contribution in [-0.2, 0) is 16.6 Å². The molecule has 0 unspecified atom stereocenters. The lowest BCUT2D eigenvalue weighted by molar-refractivity contribution is -0.116. The van der Waals surface area contributed by atoms with Crippen LogP contribution in [-0.4, -0.2) is 17.5 Å². The van der Waals surface area contributed by atoms with Crippen LogP contribution in [0.5, 0.6) is 5.75 Å². The summed E-state index contributed by atoms with van der Waals surface area (Å²) in [7, 11) is 0. The highest BCUT2D eigenvalue weighted by atomic mass is 35.5. The number of pyridine rings is 1. The van der Waals surface area contributed by atoms with E-state index in [1.54, 1.807) is 6.07 Å². The zero-order chi connectivity index (χ0) is 16.7. The molecule has 2 aliphatic rings. The van der Waals surface area contributed by atoms with E-state index < -0.39 is 0 Å². The van der Waals surface area contributed by atoms with Gasteiger partial charge < -0.3 is 10.1 Å². The molecule has 1 aliphatic carbocycles. The van der Waals surface area contributed by atoms with Gasteiger partial charge in [-0.1, -0.05) is 23.7 Å². The molecule has 1 amide bonds. The summed E-state index contributed by atoms with van der Waals surface area (Å²) in [4.78, 5) is 16.6. The first-order valence-electron chi connectivity index (χ1n) is 8.24. The number of aromatic nitrogens is 1. The van der Waals surface area contributed by atoms with Crippen molar-refractivity contribution in [3.63, 3.8) is 0 Å². The van der Waals surface area contributed by atoms with Gasteiger partial charge in [-0.2, -0.15) is 0 Å². The highest BCUT2D eigenvalue weighted by Gasteiger charge is 2.46. The smallest absolute Gasteiger partial charge is 0.226 e. The number of rotatable bonds is 4. The topological polar surface area (TPSA) is 51.2 Å². The van der Waals surface area contributed by atoms with Crippen molar-refractivity contribution in [3.8, 4) is 5.75 Å². The third-order valence-corrected chi connectivity index (χ3v) is 5.05. The summed E-state index contributed by atoms with van der Waals surface area (Å²) >= 11 is 5.95. The number of hydrogen-bond donors (Lipinski definition) is 1. The fourth-order valence-electron chi connectivity index (χ4n) is 3.42. The number of carbonyl (C=O) groups is 1. The van der Waals surface area contributed by atoms with E-state index in [2.05, 4.69) is 22.4 Å². The summed E-state index contributed by atoms with van der Waals surface area (Å²) < 4.78 is 5.57. The quantitative estimate of drug-likeness (QED) is 0.853. The molecule has 124 valence electrons. The minimum atomic E-state index is -0.0324. The molecule has 4 rings (SSSR count). The third-order valence-electron chi connectivity index (χ3n) is 4.86. The first kappa shape index (κ1) is 15.5. The van der Waals surface area contributed by atoms with Gasteiger partial charge >= 0.3 is 0 Å². The molecule has 0 spiro atoms. The molecule has 0 atom stereocenters. The molecule has 1 aromatic heterocycles. The lowest BCUT2D eigenvalue weighted by atomic mass is 9.90. The fourth-order valence-corrected chi connectivity index (χ4v) is 3.68.